The van der Waals surface area contributed by atoms with E-state index in [0.29, 0.717) is 80.6 Å². The van der Waals surface area contributed by atoms with Crippen LogP contribution in [-0.4, -0.2) is 111 Å². The van der Waals surface area contributed by atoms with Crippen molar-refractivity contribution in [3.05, 3.63) is 119 Å². The van der Waals surface area contributed by atoms with Gasteiger partial charge in [-0.1, -0.05) is 79.7 Å². The van der Waals surface area contributed by atoms with Crippen molar-refractivity contribution >= 4 is 47.3 Å². The Morgan fingerprint density at radius 1 is 0.915 bits per heavy atom. The first-order valence-corrected chi connectivity index (χ1v) is 19.6. The van der Waals surface area contributed by atoms with Crippen molar-refractivity contribution in [3.8, 4) is 0 Å². The van der Waals surface area contributed by atoms with Crippen molar-refractivity contribution in [2.75, 3.05) is 36.4 Å². The lowest BCUT2D eigenvalue weighted by Crippen LogP contribution is -2.44. The number of halogens is 1. The maximum atomic E-state index is 12.9. The number of carboxylic acids is 1. The van der Waals surface area contributed by atoms with Gasteiger partial charge in [-0.2, -0.15) is 14.8 Å². The number of tetrazole rings is 1. The summed E-state index contributed by atoms with van der Waals surface area (Å²) in [5.74, 6) is 0.535. The van der Waals surface area contributed by atoms with Gasteiger partial charge in [-0.25, -0.2) is 14.6 Å². The highest BCUT2D eigenvalue weighted by molar-refractivity contribution is 5.87. The molecule has 1 aliphatic heterocycles. The maximum absolute atomic E-state index is 12.9. The second-order valence-electron chi connectivity index (χ2n) is 14.8. The summed E-state index contributed by atoms with van der Waals surface area (Å²) < 4.78 is 1.80. The van der Waals surface area contributed by atoms with Gasteiger partial charge in [-0.15, -0.1) is 22.6 Å². The number of hydrogen-bond acceptors (Lipinski definition) is 12. The highest BCUT2D eigenvalue weighted by Gasteiger charge is 2.45. The Hall–Kier alpha value is -6.17. The van der Waals surface area contributed by atoms with Crippen LogP contribution in [0, 0.1) is 0 Å². The van der Waals surface area contributed by atoms with Gasteiger partial charge in [0.15, 0.2) is 22.8 Å². The summed E-state index contributed by atoms with van der Waals surface area (Å²) in [7, 11) is 0. The molecule has 0 unspecified atom stereocenters. The Balaban J connectivity index is 0.00000528. The molecule has 2 fully saturated rings. The number of carbonyl (C=O) groups excluding carboxylic acids is 1. The minimum atomic E-state index is -1.16. The lowest BCUT2D eigenvalue weighted by Gasteiger charge is -2.22. The summed E-state index contributed by atoms with van der Waals surface area (Å²) in [5.41, 5.74) is 4.43. The molecule has 0 radical (unpaired) electrons. The summed E-state index contributed by atoms with van der Waals surface area (Å²) in [6, 6.07) is 25.5. The summed E-state index contributed by atoms with van der Waals surface area (Å²) in [6.07, 6.45) is 1.46. The van der Waals surface area contributed by atoms with E-state index in [9.17, 15) is 19.8 Å². The van der Waals surface area contributed by atoms with Gasteiger partial charge in [-0.3, -0.25) is 0 Å². The summed E-state index contributed by atoms with van der Waals surface area (Å²) in [5, 5.41) is 54.0. The van der Waals surface area contributed by atoms with Crippen LogP contribution in [0.4, 0.5) is 16.6 Å². The molecule has 4 heterocycles. The molecular formula is C41H47ClN12O5. The van der Waals surface area contributed by atoms with Crippen molar-refractivity contribution in [1.29, 1.82) is 0 Å². The Labute approximate surface area is 346 Å². The fourth-order valence-electron chi connectivity index (χ4n) is 7.87. The number of urea groups is 1. The third kappa shape index (κ3) is 8.96. The predicted molar refractivity (Wildman–Crippen MR) is 222 cm³/mol. The first-order chi connectivity index (χ1) is 28.2. The van der Waals surface area contributed by atoms with Crippen LogP contribution in [0.25, 0.3) is 11.2 Å². The van der Waals surface area contributed by atoms with E-state index in [4.69, 9.17) is 20.1 Å². The van der Waals surface area contributed by atoms with Crippen molar-refractivity contribution in [1.82, 2.24) is 50.4 Å². The average Bonchev–Trinajstić information content (AvgIpc) is 4.06. The predicted octanol–water partition coefficient (Wildman–Crippen LogP) is 3.77. The Kier molecular flexibility index (Phi) is 12.6. The monoisotopic (exact) mass is 822 g/mol. The Morgan fingerprint density at radius 3 is 2.27 bits per heavy atom. The number of carboxylic acid groups (broad SMARTS) is 1. The molecular weight excluding hydrogens is 776 g/mol. The van der Waals surface area contributed by atoms with E-state index in [2.05, 4.69) is 55.6 Å². The van der Waals surface area contributed by atoms with Gasteiger partial charge < -0.3 is 40.7 Å². The third-order valence-electron chi connectivity index (χ3n) is 11.1. The van der Waals surface area contributed by atoms with Gasteiger partial charge in [0.2, 0.25) is 5.95 Å². The molecule has 1 saturated heterocycles. The zero-order valence-electron chi connectivity index (χ0n) is 32.4. The molecule has 1 saturated carbocycles. The molecule has 6 N–H and O–H groups in total. The molecule has 17 nitrogen and oxygen atoms in total. The average molecular weight is 823 g/mol. The highest BCUT2D eigenvalue weighted by atomic mass is 35.5. The molecule has 2 aliphatic rings. The minimum Gasteiger partial charge on any atom is -0.478 e. The number of aromatic carboxylic acids is 1. The summed E-state index contributed by atoms with van der Waals surface area (Å²) in [6.45, 7) is 3.86. The van der Waals surface area contributed by atoms with Gasteiger partial charge in [0.05, 0.1) is 17.9 Å². The zero-order chi connectivity index (χ0) is 40.2. The number of benzene rings is 3. The molecule has 18 heteroatoms. The molecule has 0 bridgehead atoms. The van der Waals surface area contributed by atoms with E-state index in [1.54, 1.807) is 35.2 Å². The fourth-order valence-corrected chi connectivity index (χ4v) is 7.87. The van der Waals surface area contributed by atoms with Gasteiger partial charge in [0.25, 0.3) is 0 Å². The molecule has 0 spiro atoms. The molecule has 3 aromatic heterocycles. The van der Waals surface area contributed by atoms with E-state index < -0.39 is 30.3 Å². The van der Waals surface area contributed by atoms with Crippen LogP contribution >= 0.6 is 12.4 Å². The van der Waals surface area contributed by atoms with E-state index in [-0.39, 0.29) is 36.0 Å². The lowest BCUT2D eigenvalue weighted by molar-refractivity contribution is 0.00473. The third-order valence-corrected chi connectivity index (χ3v) is 11.1. The summed E-state index contributed by atoms with van der Waals surface area (Å²) in [4.78, 5) is 42.3. The van der Waals surface area contributed by atoms with Crippen LogP contribution in [0.5, 0.6) is 0 Å². The van der Waals surface area contributed by atoms with Gasteiger partial charge in [-0.05, 0) is 53.3 Å². The largest absolute Gasteiger partial charge is 0.478 e. The highest BCUT2D eigenvalue weighted by Crippen LogP contribution is 2.40. The fraction of sp³-hybridized carbons (Fsp3) is 0.366. The number of nitrogens with one attached hydrogen (secondary N) is 3. The van der Waals surface area contributed by atoms with E-state index in [0.717, 1.165) is 16.7 Å². The SMILES string of the molecule is CCc1nnn([C@H]2C[C@@H](n3cnc4c(NCC(c5ccccc5)c5ccccc5)nc(N5CC[C@@H](NC(=O)NCCc6ccc(C(=O)O)cc6)C5)nc43)[C@H](O)[C@@H]2O)n1.Cl. The van der Waals surface area contributed by atoms with Crippen LogP contribution in [0.3, 0.4) is 0 Å². The maximum Gasteiger partial charge on any atom is 0.335 e. The first kappa shape index (κ1) is 41.0. The standard InChI is InChI=1S/C41H46N12O5.ClH/c1-2-33-48-50-53(49-33)32-21-31(35(54)36(32)55)52-24-44-34-37(43-22-30(26-9-5-3-6-10-26)27-11-7-4-8-12-27)46-40(47-38(34)52)51-20-18-29(23-51)45-41(58)42-19-17-25-13-15-28(16-14-25)39(56)57;/h3-16,24,29-32,35-36,54-55H,2,17-23H2,1H3,(H,56,57)(H2,42,45,58)(H,43,46,47);1H/t29-,31-,32+,35+,36-;/m1./s1. The first-order valence-electron chi connectivity index (χ1n) is 19.6. The van der Waals surface area contributed by atoms with Crippen LogP contribution in [0.2, 0.25) is 0 Å². The van der Waals surface area contributed by atoms with Gasteiger partial charge in [0, 0.05) is 44.6 Å². The number of rotatable bonds is 14. The molecule has 308 valence electrons. The van der Waals surface area contributed by atoms with Crippen molar-refractivity contribution in [2.45, 2.75) is 68.9 Å². The number of aromatic nitrogens is 8. The number of nitrogens with zero attached hydrogens (tertiary/aromatic N) is 9. The molecule has 5 atom stereocenters. The zero-order valence-corrected chi connectivity index (χ0v) is 33.2. The minimum absolute atomic E-state index is 0. The number of fused-ring (bicyclic) bond motifs is 1. The number of anilines is 2. The van der Waals surface area contributed by atoms with Crippen LogP contribution in [-0.2, 0) is 12.8 Å². The number of hydrogen-bond donors (Lipinski definition) is 6. The van der Waals surface area contributed by atoms with Crippen LogP contribution < -0.4 is 20.9 Å². The summed E-state index contributed by atoms with van der Waals surface area (Å²) >= 11 is 0. The second-order valence-corrected chi connectivity index (χ2v) is 14.8. The number of aryl methyl sites for hydroxylation is 1. The van der Waals surface area contributed by atoms with E-state index in [1.807, 2.05) is 48.2 Å². The van der Waals surface area contributed by atoms with Gasteiger partial charge >= 0.3 is 12.0 Å². The molecule has 1 aliphatic carbocycles. The number of amides is 2. The Bertz CT molecular complexity index is 2310. The molecule has 8 rings (SSSR count). The molecule has 2 amide bonds. The lowest BCUT2D eigenvalue weighted by atomic mass is 9.91. The topological polar surface area (TPSA) is 221 Å². The van der Waals surface area contributed by atoms with Gasteiger partial charge in [0.1, 0.15) is 18.2 Å². The van der Waals surface area contributed by atoms with E-state index in [1.165, 1.54) is 4.80 Å². The quantitative estimate of drug-likeness (QED) is 0.0923. The number of aliphatic hydroxyl groups is 2. The van der Waals surface area contributed by atoms with E-state index >= 15 is 0 Å². The number of carbonyl (C=O) groups is 2. The van der Waals surface area contributed by atoms with Crippen molar-refractivity contribution in [2.24, 2.45) is 0 Å². The Morgan fingerprint density at radius 2 is 1.61 bits per heavy atom. The number of aliphatic hydroxyl groups excluding tert-OH is 2. The molecule has 3 aromatic carbocycles. The molecule has 59 heavy (non-hydrogen) atoms. The van der Waals surface area contributed by atoms with Crippen molar-refractivity contribution in [3.63, 3.8) is 0 Å². The second kappa shape index (κ2) is 18.2. The van der Waals surface area contributed by atoms with Crippen LogP contribution in [0.1, 0.15) is 70.6 Å². The number of imidazole rings is 1. The van der Waals surface area contributed by atoms with Crippen molar-refractivity contribution < 1.29 is 24.9 Å². The smallest absolute Gasteiger partial charge is 0.335 e. The molecule has 6 aromatic rings. The normalized spacial score (nSPS) is 20.1. The van der Waals surface area contributed by atoms with Crippen LogP contribution in [0.15, 0.2) is 91.3 Å².